The molecule has 0 saturated heterocycles. The Kier molecular flexibility index (Phi) is 2.75. The van der Waals surface area contributed by atoms with Gasteiger partial charge < -0.3 is 10.2 Å². The fraction of sp³-hybridized carbons (Fsp3) is 0.0769. The summed E-state index contributed by atoms with van der Waals surface area (Å²) < 4.78 is 0. The first kappa shape index (κ1) is 10.8. The maximum absolute atomic E-state index is 9.43. The van der Waals surface area contributed by atoms with Crippen molar-refractivity contribution in [2.45, 2.75) is 6.92 Å². The number of aryl methyl sites for hydroxylation is 1. The van der Waals surface area contributed by atoms with E-state index in [1.165, 1.54) is 0 Å². The molecule has 0 radical (unpaired) electrons. The van der Waals surface area contributed by atoms with Crippen LogP contribution in [0.2, 0.25) is 5.02 Å². The van der Waals surface area contributed by atoms with Crippen LogP contribution in [0, 0.1) is 6.92 Å². The van der Waals surface area contributed by atoms with E-state index in [1.54, 1.807) is 30.3 Å². The van der Waals surface area contributed by atoms with Gasteiger partial charge in [0.05, 0.1) is 0 Å². The number of rotatable bonds is 1. The average Bonchev–Trinajstić information content (AvgIpc) is 2.26. The molecule has 0 fully saturated rings. The molecule has 0 amide bonds. The lowest BCUT2D eigenvalue weighted by molar-refractivity contribution is 0.471. The standard InChI is InChI=1S/C13H11ClO2/c1-8-6-9(2-5-13(8)16)11-7-10(15)3-4-12(11)14/h2-7,15-16H,1H3. The number of hydrogen-bond acceptors (Lipinski definition) is 2. The summed E-state index contributed by atoms with van der Waals surface area (Å²) in [5.74, 6) is 0.421. The van der Waals surface area contributed by atoms with Crippen molar-refractivity contribution in [1.29, 1.82) is 0 Å². The van der Waals surface area contributed by atoms with Crippen LogP contribution in [0.1, 0.15) is 5.56 Å². The molecule has 2 rings (SSSR count). The Morgan fingerprint density at radius 2 is 1.75 bits per heavy atom. The van der Waals surface area contributed by atoms with Crippen LogP contribution < -0.4 is 0 Å². The van der Waals surface area contributed by atoms with E-state index in [1.807, 2.05) is 13.0 Å². The quantitative estimate of drug-likeness (QED) is 0.789. The van der Waals surface area contributed by atoms with Gasteiger partial charge >= 0.3 is 0 Å². The van der Waals surface area contributed by atoms with Crippen molar-refractivity contribution in [3.8, 4) is 22.6 Å². The number of halogens is 1. The van der Waals surface area contributed by atoms with E-state index in [4.69, 9.17) is 11.6 Å². The number of benzene rings is 2. The third kappa shape index (κ3) is 1.97. The van der Waals surface area contributed by atoms with E-state index in [0.29, 0.717) is 5.02 Å². The molecule has 0 aliphatic carbocycles. The molecule has 0 spiro atoms. The molecule has 2 aromatic carbocycles. The molecular formula is C13H11ClO2. The average molecular weight is 235 g/mol. The first-order valence-corrected chi connectivity index (χ1v) is 5.24. The van der Waals surface area contributed by atoms with Gasteiger partial charge in [0.25, 0.3) is 0 Å². The molecule has 2 N–H and O–H groups in total. The van der Waals surface area contributed by atoms with Crippen LogP contribution in [0.5, 0.6) is 11.5 Å². The summed E-state index contributed by atoms with van der Waals surface area (Å²) in [6.45, 7) is 1.82. The molecule has 0 aromatic heterocycles. The van der Waals surface area contributed by atoms with Crippen molar-refractivity contribution >= 4 is 11.6 Å². The number of phenolic OH excluding ortho intramolecular Hbond substituents is 2. The zero-order chi connectivity index (χ0) is 11.7. The van der Waals surface area contributed by atoms with Crippen molar-refractivity contribution in [3.63, 3.8) is 0 Å². The lowest BCUT2D eigenvalue weighted by Crippen LogP contribution is -1.82. The minimum absolute atomic E-state index is 0.171. The van der Waals surface area contributed by atoms with E-state index in [0.717, 1.165) is 16.7 Å². The number of hydrogen-bond donors (Lipinski definition) is 2. The molecular weight excluding hydrogens is 224 g/mol. The fourth-order valence-corrected chi connectivity index (χ4v) is 1.78. The predicted molar refractivity (Wildman–Crippen MR) is 65.0 cm³/mol. The van der Waals surface area contributed by atoms with Crippen LogP contribution in [0.3, 0.4) is 0 Å². The Hall–Kier alpha value is -1.67. The van der Waals surface area contributed by atoms with Gasteiger partial charge in [-0.3, -0.25) is 0 Å². The Morgan fingerprint density at radius 1 is 1.00 bits per heavy atom. The Balaban J connectivity index is 2.58. The van der Waals surface area contributed by atoms with E-state index in [-0.39, 0.29) is 11.5 Å². The zero-order valence-corrected chi connectivity index (χ0v) is 9.49. The normalized spacial score (nSPS) is 10.4. The molecule has 0 aliphatic rings. The summed E-state index contributed by atoms with van der Waals surface area (Å²) in [5.41, 5.74) is 2.40. The van der Waals surface area contributed by atoms with Crippen molar-refractivity contribution < 1.29 is 10.2 Å². The van der Waals surface area contributed by atoms with Crippen molar-refractivity contribution in [3.05, 3.63) is 47.0 Å². The van der Waals surface area contributed by atoms with Gasteiger partial charge in [-0.25, -0.2) is 0 Å². The van der Waals surface area contributed by atoms with Crippen molar-refractivity contribution in [2.24, 2.45) is 0 Å². The highest BCUT2D eigenvalue weighted by atomic mass is 35.5. The molecule has 2 nitrogen and oxygen atoms in total. The summed E-state index contributed by atoms with van der Waals surface area (Å²) >= 11 is 6.05. The van der Waals surface area contributed by atoms with Crippen molar-refractivity contribution in [2.75, 3.05) is 0 Å². The van der Waals surface area contributed by atoms with Gasteiger partial charge in [0.15, 0.2) is 0 Å². The van der Waals surface area contributed by atoms with Crippen LogP contribution in [0.15, 0.2) is 36.4 Å². The van der Waals surface area contributed by atoms with E-state index >= 15 is 0 Å². The second-order valence-corrected chi connectivity index (χ2v) is 4.07. The Labute approximate surface area is 98.7 Å². The smallest absolute Gasteiger partial charge is 0.118 e. The first-order chi connectivity index (χ1) is 7.58. The third-order valence-electron chi connectivity index (χ3n) is 2.46. The molecule has 0 atom stereocenters. The van der Waals surface area contributed by atoms with Crippen LogP contribution >= 0.6 is 11.6 Å². The van der Waals surface area contributed by atoms with Crippen LogP contribution in [0.4, 0.5) is 0 Å². The molecule has 0 bridgehead atoms. The molecule has 16 heavy (non-hydrogen) atoms. The van der Waals surface area contributed by atoms with E-state index < -0.39 is 0 Å². The molecule has 0 aliphatic heterocycles. The SMILES string of the molecule is Cc1cc(-c2cc(O)ccc2Cl)ccc1O. The van der Waals surface area contributed by atoms with Gasteiger partial charge in [0.2, 0.25) is 0 Å². The zero-order valence-electron chi connectivity index (χ0n) is 8.74. The number of aromatic hydroxyl groups is 2. The summed E-state index contributed by atoms with van der Waals surface area (Å²) in [6.07, 6.45) is 0. The Bertz CT molecular complexity index is 535. The summed E-state index contributed by atoms with van der Waals surface area (Å²) in [6, 6.07) is 10.0. The second kappa shape index (κ2) is 4.06. The first-order valence-electron chi connectivity index (χ1n) is 4.86. The van der Waals surface area contributed by atoms with E-state index in [2.05, 4.69) is 0 Å². The molecule has 2 aromatic rings. The highest BCUT2D eigenvalue weighted by Gasteiger charge is 2.06. The van der Waals surface area contributed by atoms with Gasteiger partial charge in [-0.2, -0.15) is 0 Å². The molecule has 0 heterocycles. The van der Waals surface area contributed by atoms with E-state index in [9.17, 15) is 10.2 Å². The second-order valence-electron chi connectivity index (χ2n) is 3.67. The third-order valence-corrected chi connectivity index (χ3v) is 2.79. The highest BCUT2D eigenvalue weighted by Crippen LogP contribution is 2.33. The molecule has 82 valence electrons. The lowest BCUT2D eigenvalue weighted by atomic mass is 10.0. The maximum Gasteiger partial charge on any atom is 0.118 e. The minimum atomic E-state index is 0.171. The van der Waals surface area contributed by atoms with Gasteiger partial charge in [-0.15, -0.1) is 0 Å². The van der Waals surface area contributed by atoms with Crippen molar-refractivity contribution in [1.82, 2.24) is 0 Å². The lowest BCUT2D eigenvalue weighted by Gasteiger charge is -2.07. The van der Waals surface area contributed by atoms with Gasteiger partial charge in [0, 0.05) is 10.6 Å². The van der Waals surface area contributed by atoms with Gasteiger partial charge in [-0.1, -0.05) is 17.7 Å². The van der Waals surface area contributed by atoms with Crippen LogP contribution in [-0.4, -0.2) is 10.2 Å². The summed E-state index contributed by atoms with van der Waals surface area (Å²) in [5, 5.41) is 19.4. The highest BCUT2D eigenvalue weighted by molar-refractivity contribution is 6.33. The largest absolute Gasteiger partial charge is 0.508 e. The monoisotopic (exact) mass is 234 g/mol. The topological polar surface area (TPSA) is 40.5 Å². The molecule has 0 unspecified atom stereocenters. The molecule has 0 saturated carbocycles. The minimum Gasteiger partial charge on any atom is -0.508 e. The summed E-state index contributed by atoms with van der Waals surface area (Å²) in [4.78, 5) is 0. The Morgan fingerprint density at radius 3 is 2.44 bits per heavy atom. The molecule has 3 heteroatoms. The van der Waals surface area contributed by atoms with Crippen LogP contribution in [0.25, 0.3) is 11.1 Å². The van der Waals surface area contributed by atoms with Gasteiger partial charge in [0.1, 0.15) is 11.5 Å². The van der Waals surface area contributed by atoms with Crippen LogP contribution in [-0.2, 0) is 0 Å². The summed E-state index contributed by atoms with van der Waals surface area (Å²) in [7, 11) is 0. The predicted octanol–water partition coefficient (Wildman–Crippen LogP) is 3.73. The van der Waals surface area contributed by atoms with Gasteiger partial charge in [-0.05, 0) is 48.4 Å². The number of phenols is 2. The fourth-order valence-electron chi connectivity index (χ4n) is 1.56. The maximum atomic E-state index is 9.43.